The monoisotopic (exact) mass is 274 g/mol. The summed E-state index contributed by atoms with van der Waals surface area (Å²) < 4.78 is 22.2. The van der Waals surface area contributed by atoms with Gasteiger partial charge in [-0.2, -0.15) is 0 Å². The van der Waals surface area contributed by atoms with Crippen LogP contribution in [-0.2, 0) is 16.5 Å². The van der Waals surface area contributed by atoms with E-state index in [2.05, 4.69) is 31.2 Å². The molecule has 0 amide bonds. The van der Waals surface area contributed by atoms with E-state index in [9.17, 15) is 0 Å². The van der Waals surface area contributed by atoms with Crippen molar-refractivity contribution in [2.75, 3.05) is 0 Å². The normalized spacial score (nSPS) is 27.9. The molecule has 15 heavy (non-hydrogen) atoms. The zero-order valence-corrected chi connectivity index (χ0v) is 14.0. The lowest BCUT2D eigenvalue weighted by Gasteiger charge is -2.20. The van der Waals surface area contributed by atoms with Crippen molar-refractivity contribution in [1.29, 1.82) is 0 Å². The van der Waals surface area contributed by atoms with Gasteiger partial charge in [0.1, 0.15) is 0 Å². The lowest BCUT2D eigenvalue weighted by molar-refractivity contribution is 0.337. The van der Waals surface area contributed by atoms with E-state index in [1.165, 1.54) is 10.8 Å². The molecule has 0 spiro atoms. The number of aryl methyl sites for hydroxylation is 1. The maximum Gasteiger partial charge on any atom is 0.337 e. The lowest BCUT2D eigenvalue weighted by Crippen LogP contribution is -2.42. The van der Waals surface area contributed by atoms with Crippen LogP contribution in [0.3, 0.4) is 0 Å². The predicted octanol–water partition coefficient (Wildman–Crippen LogP) is -2.50. The minimum absolute atomic E-state index is 0.762. The zero-order chi connectivity index (χ0) is 10.5. The molecule has 1 saturated heterocycles. The third kappa shape index (κ3) is 3.46. The first-order valence-corrected chi connectivity index (χ1v) is 9.80. The van der Waals surface area contributed by atoms with Gasteiger partial charge in [-0.05, 0) is 12.1 Å². The largest absolute Gasteiger partial charge is 0.425 e. The van der Waals surface area contributed by atoms with Gasteiger partial charge in [0, 0.05) is 0 Å². The summed E-state index contributed by atoms with van der Waals surface area (Å²) in [6.07, 6.45) is 0. The van der Waals surface area contributed by atoms with Gasteiger partial charge in [0.2, 0.25) is 0 Å². The van der Waals surface area contributed by atoms with E-state index in [1.807, 2.05) is 0 Å². The number of hydrogen-bond donors (Lipinski definition) is 0. The molecule has 2 rings (SSSR count). The van der Waals surface area contributed by atoms with Crippen molar-refractivity contribution < 1.29 is 16.5 Å². The molecule has 8 heteroatoms. The topological polar surface area (TPSA) is 36.9 Å². The first kappa shape index (κ1) is 11.4. The summed E-state index contributed by atoms with van der Waals surface area (Å²) in [6.45, 7) is 2.08. The van der Waals surface area contributed by atoms with E-state index >= 15 is 0 Å². The molecule has 1 heterocycles. The molecular formula is C7H14O4Si4. The molecule has 1 aromatic carbocycles. The fourth-order valence-corrected chi connectivity index (χ4v) is 10.2. The average Bonchev–Trinajstić information content (AvgIpc) is 2.19. The van der Waals surface area contributed by atoms with Gasteiger partial charge in [0.15, 0.2) is 0 Å². The molecule has 1 fully saturated rings. The van der Waals surface area contributed by atoms with Gasteiger partial charge in [0.25, 0.3) is 30.0 Å². The Morgan fingerprint density at radius 2 is 1.53 bits per heavy atom. The first-order chi connectivity index (χ1) is 7.36. The summed E-state index contributed by atoms with van der Waals surface area (Å²) in [5.74, 6) is 0. The zero-order valence-electron chi connectivity index (χ0n) is 8.64. The molecule has 1 aromatic rings. The van der Waals surface area contributed by atoms with Crippen LogP contribution in [0.1, 0.15) is 5.56 Å². The molecule has 0 saturated carbocycles. The second kappa shape index (κ2) is 5.86. The Balaban J connectivity index is 2.03. The highest BCUT2D eigenvalue weighted by Crippen LogP contribution is 1.98. The van der Waals surface area contributed by atoms with Crippen LogP contribution in [0.4, 0.5) is 0 Å². The van der Waals surface area contributed by atoms with E-state index in [-0.39, 0.29) is 0 Å². The van der Waals surface area contributed by atoms with Crippen LogP contribution in [0.15, 0.2) is 24.3 Å². The van der Waals surface area contributed by atoms with Gasteiger partial charge in [0.05, 0.1) is 0 Å². The molecule has 0 radical (unpaired) electrons. The van der Waals surface area contributed by atoms with E-state index in [0.29, 0.717) is 0 Å². The summed E-state index contributed by atoms with van der Waals surface area (Å²) in [6, 6.07) is 8.36. The number of hydrogen-bond acceptors (Lipinski definition) is 4. The van der Waals surface area contributed by atoms with Gasteiger partial charge >= 0.3 is 9.28 Å². The van der Waals surface area contributed by atoms with Gasteiger partial charge in [-0.15, -0.1) is 0 Å². The summed E-state index contributed by atoms with van der Waals surface area (Å²) >= 11 is 0. The van der Waals surface area contributed by atoms with Crippen LogP contribution in [0, 0.1) is 6.92 Å². The highest BCUT2D eigenvalue weighted by Gasteiger charge is 2.18. The highest BCUT2D eigenvalue weighted by molar-refractivity contribution is 6.70. The smallest absolute Gasteiger partial charge is 0.337 e. The molecular weight excluding hydrogens is 260 g/mol. The number of benzene rings is 1. The third-order valence-electron chi connectivity index (χ3n) is 2.12. The Kier molecular flexibility index (Phi) is 4.46. The summed E-state index contributed by atoms with van der Waals surface area (Å²) in [5, 5.41) is 1.19. The van der Waals surface area contributed by atoms with Crippen molar-refractivity contribution in [3.05, 3.63) is 29.8 Å². The Labute approximate surface area is 97.9 Å². The average molecular weight is 275 g/mol. The van der Waals surface area contributed by atoms with Gasteiger partial charge < -0.3 is 16.5 Å². The van der Waals surface area contributed by atoms with E-state index in [1.54, 1.807) is 0 Å². The van der Waals surface area contributed by atoms with E-state index in [4.69, 9.17) is 16.5 Å². The van der Waals surface area contributed by atoms with Crippen molar-refractivity contribution in [1.82, 2.24) is 0 Å². The second-order valence-corrected chi connectivity index (χ2v) is 11.3. The fourth-order valence-electron chi connectivity index (χ4n) is 1.31. The maximum absolute atomic E-state index is 5.73. The Hall–Kier alpha value is -0.0725. The lowest BCUT2D eigenvalue weighted by atomic mass is 10.2. The van der Waals surface area contributed by atoms with Gasteiger partial charge in [-0.3, -0.25) is 0 Å². The van der Waals surface area contributed by atoms with Crippen molar-refractivity contribution >= 4 is 44.5 Å². The molecule has 4 nitrogen and oxygen atoms in total. The Bertz CT molecular complexity index is 298. The van der Waals surface area contributed by atoms with Crippen molar-refractivity contribution in [2.24, 2.45) is 0 Å². The molecule has 0 unspecified atom stereocenters. The Morgan fingerprint density at radius 1 is 0.933 bits per heavy atom. The quantitative estimate of drug-likeness (QED) is 0.531. The molecule has 1 aliphatic heterocycles. The number of rotatable bonds is 1. The predicted molar refractivity (Wildman–Crippen MR) is 67.9 cm³/mol. The molecule has 0 bridgehead atoms. The van der Waals surface area contributed by atoms with Crippen LogP contribution >= 0.6 is 0 Å². The van der Waals surface area contributed by atoms with Crippen molar-refractivity contribution in [2.45, 2.75) is 6.92 Å². The molecule has 0 N–H and O–H groups in total. The summed E-state index contributed by atoms with van der Waals surface area (Å²) in [7, 11) is -4.15. The standard InChI is InChI=1S/C7H14O4Si4/c1-6-2-4-7(5-3-6)15-10-13-8-12-9-14-11-15/h2-5,15H,12-14H2,1H3. The molecule has 0 aliphatic carbocycles. The van der Waals surface area contributed by atoms with Gasteiger partial charge in [-0.1, -0.05) is 29.8 Å². The van der Waals surface area contributed by atoms with Crippen molar-refractivity contribution in [3.63, 3.8) is 0 Å². The highest BCUT2D eigenvalue weighted by atomic mass is 28.4. The van der Waals surface area contributed by atoms with Crippen LogP contribution in [0.5, 0.6) is 0 Å². The molecule has 82 valence electrons. The fraction of sp³-hybridized carbons (Fsp3) is 0.143. The van der Waals surface area contributed by atoms with Crippen LogP contribution in [0.2, 0.25) is 0 Å². The van der Waals surface area contributed by atoms with E-state index in [0.717, 1.165) is 0 Å². The second-order valence-electron chi connectivity index (χ2n) is 3.34. The van der Waals surface area contributed by atoms with Crippen LogP contribution < -0.4 is 5.19 Å². The van der Waals surface area contributed by atoms with Crippen LogP contribution in [-0.4, -0.2) is 39.3 Å². The SMILES string of the molecule is Cc1ccc([SiH]2O[SiH2]O[SiH2]O[SiH2]O2)cc1. The summed E-state index contributed by atoms with van der Waals surface area (Å²) in [5.41, 5.74) is 1.26. The molecule has 0 atom stereocenters. The minimum Gasteiger partial charge on any atom is -0.425 e. The third-order valence-corrected chi connectivity index (χ3v) is 9.23. The van der Waals surface area contributed by atoms with Crippen molar-refractivity contribution in [3.8, 4) is 0 Å². The minimum atomic E-state index is -1.68. The molecule has 0 aromatic heterocycles. The Morgan fingerprint density at radius 3 is 2.13 bits per heavy atom. The van der Waals surface area contributed by atoms with Crippen LogP contribution in [0.25, 0.3) is 0 Å². The maximum atomic E-state index is 5.73. The summed E-state index contributed by atoms with van der Waals surface area (Å²) in [4.78, 5) is 0. The molecule has 1 aliphatic rings. The first-order valence-electron chi connectivity index (χ1n) is 4.81. The van der Waals surface area contributed by atoms with Gasteiger partial charge in [-0.25, -0.2) is 0 Å². The van der Waals surface area contributed by atoms with E-state index < -0.39 is 39.3 Å².